The predicted molar refractivity (Wildman–Crippen MR) is 117 cm³/mol. The van der Waals surface area contributed by atoms with Crippen LogP contribution in [0.2, 0.25) is 0 Å². The summed E-state index contributed by atoms with van der Waals surface area (Å²) in [5.41, 5.74) is 5.03. The zero-order valence-electron chi connectivity index (χ0n) is 17.1. The smallest absolute Gasteiger partial charge is 0.207 e. The van der Waals surface area contributed by atoms with Crippen LogP contribution in [0.5, 0.6) is 0 Å². The van der Waals surface area contributed by atoms with Gasteiger partial charge in [0.15, 0.2) is 5.78 Å². The van der Waals surface area contributed by atoms with Crippen LogP contribution in [-0.4, -0.2) is 14.9 Å². The maximum absolute atomic E-state index is 13.2. The first-order valence-corrected chi connectivity index (χ1v) is 9.72. The molecule has 0 spiro atoms. The van der Waals surface area contributed by atoms with Crippen LogP contribution in [0.25, 0.3) is 16.6 Å². The van der Waals surface area contributed by atoms with E-state index in [4.69, 9.17) is 0 Å². The Morgan fingerprint density at radius 3 is 2.43 bits per heavy atom. The van der Waals surface area contributed by atoms with Crippen molar-refractivity contribution in [3.05, 3.63) is 99.1 Å². The van der Waals surface area contributed by atoms with Crippen LogP contribution in [0.3, 0.4) is 0 Å². The van der Waals surface area contributed by atoms with E-state index in [1.54, 1.807) is 22.8 Å². The molecule has 5 nitrogen and oxygen atoms in total. The first-order valence-electron chi connectivity index (χ1n) is 9.72. The summed E-state index contributed by atoms with van der Waals surface area (Å²) in [6.07, 6.45) is 1.47. The van der Waals surface area contributed by atoms with Crippen molar-refractivity contribution in [2.75, 3.05) is 0 Å². The van der Waals surface area contributed by atoms with Crippen LogP contribution in [0.1, 0.15) is 32.9 Å². The number of benzene rings is 2. The molecule has 4 rings (SSSR count). The number of fused-ring (bicyclic) bond motifs is 1. The van der Waals surface area contributed by atoms with Gasteiger partial charge in [0.2, 0.25) is 5.43 Å². The van der Waals surface area contributed by atoms with Gasteiger partial charge in [-0.05, 0) is 51.1 Å². The number of aryl methyl sites for hydroxylation is 2. The number of carbonyl (C=O) groups excluding carboxylic acids is 1. The van der Waals surface area contributed by atoms with Crippen molar-refractivity contribution < 1.29 is 4.79 Å². The average molecular weight is 395 g/mol. The van der Waals surface area contributed by atoms with Crippen LogP contribution in [0.4, 0.5) is 0 Å². The molecule has 0 radical (unpaired) electrons. The average Bonchev–Trinajstić information content (AvgIpc) is 3.05. The Balaban J connectivity index is 1.77. The maximum Gasteiger partial charge on any atom is 0.207 e. The van der Waals surface area contributed by atoms with Crippen molar-refractivity contribution >= 4 is 16.7 Å². The van der Waals surface area contributed by atoms with E-state index in [0.717, 1.165) is 17.1 Å². The van der Waals surface area contributed by atoms with E-state index in [1.165, 1.54) is 11.8 Å². The van der Waals surface area contributed by atoms with Gasteiger partial charge < -0.3 is 9.13 Å². The van der Waals surface area contributed by atoms with E-state index < -0.39 is 0 Å². The van der Waals surface area contributed by atoms with Gasteiger partial charge in [0, 0.05) is 34.2 Å². The van der Waals surface area contributed by atoms with Crippen LogP contribution in [0.15, 0.2) is 65.6 Å². The van der Waals surface area contributed by atoms with E-state index in [2.05, 4.69) is 4.57 Å². The van der Waals surface area contributed by atoms with E-state index in [-0.39, 0.29) is 23.3 Å². The maximum atomic E-state index is 13.2. The second-order valence-electron chi connectivity index (χ2n) is 7.51. The second-order valence-corrected chi connectivity index (χ2v) is 7.51. The van der Waals surface area contributed by atoms with Gasteiger partial charge in [0.25, 0.3) is 0 Å². The number of para-hydroxylation sites is 1. The second kappa shape index (κ2) is 7.49. The van der Waals surface area contributed by atoms with Gasteiger partial charge in [0.05, 0.1) is 12.1 Å². The highest BCUT2D eigenvalue weighted by Gasteiger charge is 2.18. The fraction of sp³-hybridized carbons (Fsp3) is 0.160. The fourth-order valence-electron chi connectivity index (χ4n) is 3.93. The summed E-state index contributed by atoms with van der Waals surface area (Å²) in [5, 5.41) is 9.77. The highest BCUT2D eigenvalue weighted by Crippen LogP contribution is 2.22. The monoisotopic (exact) mass is 395 g/mol. The molecule has 2 aromatic carbocycles. The molecule has 2 heterocycles. The fourth-order valence-corrected chi connectivity index (χ4v) is 3.93. The normalized spacial score (nSPS) is 10.9. The molecule has 30 heavy (non-hydrogen) atoms. The quantitative estimate of drug-likeness (QED) is 0.479. The van der Waals surface area contributed by atoms with Gasteiger partial charge in [-0.15, -0.1) is 0 Å². The van der Waals surface area contributed by atoms with Gasteiger partial charge in [0.1, 0.15) is 11.6 Å². The van der Waals surface area contributed by atoms with Gasteiger partial charge >= 0.3 is 0 Å². The number of carbonyl (C=O) groups is 1. The summed E-state index contributed by atoms with van der Waals surface area (Å²) in [4.78, 5) is 25.6. The SMILES string of the molecule is Cc1ccc(-n2c(C)cc(C(=O)Cn3cc(C#N)c(=O)c4ccccc43)c2C)cc1. The molecular formula is C25H21N3O2. The number of ketones is 1. The number of pyridine rings is 1. The summed E-state index contributed by atoms with van der Waals surface area (Å²) in [6.45, 7) is 6.00. The molecule has 4 aromatic rings. The Kier molecular flexibility index (Phi) is 4.85. The standard InChI is InChI=1S/C25H21N3O2/c1-16-8-10-20(11-9-16)28-17(2)12-22(18(28)3)24(29)15-27-14-19(13-26)25(30)21-6-4-5-7-23(21)27/h4-12,14H,15H2,1-3H3. The van der Waals surface area contributed by atoms with E-state index in [1.807, 2.05) is 63.2 Å². The summed E-state index contributed by atoms with van der Waals surface area (Å²) in [6, 6.07) is 19.1. The van der Waals surface area contributed by atoms with Gasteiger partial charge in [-0.1, -0.05) is 29.8 Å². The molecule has 2 aromatic heterocycles. The topological polar surface area (TPSA) is 67.8 Å². The molecule has 0 bridgehead atoms. The summed E-state index contributed by atoms with van der Waals surface area (Å²) >= 11 is 0. The Labute approximate surface area is 174 Å². The van der Waals surface area contributed by atoms with Gasteiger partial charge in [-0.25, -0.2) is 0 Å². The zero-order chi connectivity index (χ0) is 21.4. The highest BCUT2D eigenvalue weighted by atomic mass is 16.1. The van der Waals surface area contributed by atoms with Crippen molar-refractivity contribution in [1.29, 1.82) is 5.26 Å². The molecule has 148 valence electrons. The minimum Gasteiger partial charge on any atom is -0.338 e. The van der Waals surface area contributed by atoms with E-state index in [0.29, 0.717) is 16.5 Å². The van der Waals surface area contributed by atoms with Crippen LogP contribution >= 0.6 is 0 Å². The third-order valence-electron chi connectivity index (χ3n) is 5.45. The van der Waals surface area contributed by atoms with Gasteiger partial charge in [-0.2, -0.15) is 5.26 Å². The van der Waals surface area contributed by atoms with Crippen LogP contribution in [-0.2, 0) is 6.54 Å². The summed E-state index contributed by atoms with van der Waals surface area (Å²) in [7, 11) is 0. The number of rotatable bonds is 4. The number of hydrogen-bond donors (Lipinski definition) is 0. The van der Waals surface area contributed by atoms with Crippen molar-refractivity contribution in [3.63, 3.8) is 0 Å². The van der Waals surface area contributed by atoms with Crippen molar-refractivity contribution in [2.45, 2.75) is 27.3 Å². The zero-order valence-corrected chi connectivity index (χ0v) is 17.1. The molecule has 0 fully saturated rings. The molecule has 0 aliphatic heterocycles. The number of Topliss-reactive ketones (excluding diaryl/α,β-unsaturated/α-hetero) is 1. The molecule has 0 N–H and O–H groups in total. The number of aromatic nitrogens is 2. The lowest BCUT2D eigenvalue weighted by atomic mass is 10.1. The summed E-state index contributed by atoms with van der Waals surface area (Å²) in [5.74, 6) is -0.0702. The van der Waals surface area contributed by atoms with Crippen molar-refractivity contribution in [3.8, 4) is 11.8 Å². The molecule has 0 saturated carbocycles. The largest absolute Gasteiger partial charge is 0.338 e. The molecule has 0 atom stereocenters. The lowest BCUT2D eigenvalue weighted by molar-refractivity contribution is 0.0973. The van der Waals surface area contributed by atoms with E-state index >= 15 is 0 Å². The first-order chi connectivity index (χ1) is 14.4. The molecule has 0 aliphatic carbocycles. The van der Waals surface area contributed by atoms with Crippen LogP contribution in [0, 0.1) is 32.1 Å². The molecule has 0 aliphatic rings. The number of hydrogen-bond acceptors (Lipinski definition) is 3. The molecule has 0 saturated heterocycles. The van der Waals surface area contributed by atoms with E-state index in [9.17, 15) is 14.9 Å². The first kappa shape index (κ1) is 19.4. The Hall–Kier alpha value is -3.91. The minimum absolute atomic E-state index is 0.0339. The summed E-state index contributed by atoms with van der Waals surface area (Å²) < 4.78 is 3.76. The molecular weight excluding hydrogens is 374 g/mol. The molecule has 0 amide bonds. The number of nitrogens with zero attached hydrogens (tertiary/aromatic N) is 3. The Bertz CT molecular complexity index is 1380. The van der Waals surface area contributed by atoms with Crippen molar-refractivity contribution in [1.82, 2.24) is 9.13 Å². The van der Waals surface area contributed by atoms with Gasteiger partial charge in [-0.3, -0.25) is 9.59 Å². The Morgan fingerprint density at radius 2 is 1.73 bits per heavy atom. The molecule has 5 heteroatoms. The number of nitriles is 1. The van der Waals surface area contributed by atoms with Crippen molar-refractivity contribution in [2.24, 2.45) is 0 Å². The third kappa shape index (κ3) is 3.23. The Morgan fingerprint density at radius 1 is 1.03 bits per heavy atom. The highest BCUT2D eigenvalue weighted by molar-refractivity contribution is 5.98. The minimum atomic E-state index is -0.311. The third-order valence-corrected chi connectivity index (χ3v) is 5.45. The lowest BCUT2D eigenvalue weighted by Crippen LogP contribution is -2.17. The molecule has 0 unspecified atom stereocenters. The van der Waals surface area contributed by atoms with Crippen LogP contribution < -0.4 is 5.43 Å². The predicted octanol–water partition coefficient (Wildman–Crippen LogP) is 4.47. The lowest BCUT2D eigenvalue weighted by Gasteiger charge is -2.12.